The van der Waals surface area contributed by atoms with Gasteiger partial charge in [0.05, 0.1) is 6.04 Å². The van der Waals surface area contributed by atoms with Crippen LogP contribution in [-0.4, -0.2) is 24.5 Å². The zero-order valence-electron chi connectivity index (χ0n) is 16.1. The molecular formula is C24H30N2. The monoisotopic (exact) mass is 346 g/mol. The molecule has 0 radical (unpaired) electrons. The molecule has 5 rings (SSSR count). The van der Waals surface area contributed by atoms with E-state index in [1.165, 1.54) is 37.0 Å². The Labute approximate surface area is 157 Å². The number of nitrogens with zero attached hydrogens (tertiary/aromatic N) is 2. The molecule has 5 unspecified atom stereocenters. The third-order valence-electron chi connectivity index (χ3n) is 7.74. The topological polar surface area (TPSA) is 24.7 Å². The van der Waals surface area contributed by atoms with Crippen LogP contribution >= 0.6 is 0 Å². The smallest absolute Gasteiger partial charge is 0.0568 e. The van der Waals surface area contributed by atoms with Crippen LogP contribution in [-0.2, 0) is 6.42 Å². The molecule has 4 aliphatic rings. The molecule has 4 bridgehead atoms. The maximum absolute atomic E-state index is 5.39. The number of aliphatic imine (C=N–C) groups is 2. The number of aryl methyl sites for hydroxylation is 1. The van der Waals surface area contributed by atoms with Crippen molar-refractivity contribution in [2.24, 2.45) is 33.2 Å². The molecule has 136 valence electrons. The molecule has 2 heterocycles. The summed E-state index contributed by atoms with van der Waals surface area (Å²) < 4.78 is 0. The van der Waals surface area contributed by atoms with Gasteiger partial charge in [-0.3, -0.25) is 9.98 Å². The van der Waals surface area contributed by atoms with Gasteiger partial charge in [0, 0.05) is 36.2 Å². The minimum absolute atomic E-state index is 0.172. The number of hydrogen-bond acceptors (Lipinski definition) is 2. The second-order valence-corrected chi connectivity index (χ2v) is 9.25. The summed E-state index contributed by atoms with van der Waals surface area (Å²) in [6, 6.07) is 11.5. The first kappa shape index (κ1) is 16.5. The van der Waals surface area contributed by atoms with E-state index in [2.05, 4.69) is 50.4 Å². The van der Waals surface area contributed by atoms with Crippen LogP contribution in [0.5, 0.6) is 0 Å². The lowest BCUT2D eigenvalue weighted by Gasteiger charge is -2.44. The van der Waals surface area contributed by atoms with E-state index in [1.54, 1.807) is 11.1 Å². The number of hydrogen-bond donors (Lipinski definition) is 0. The Bertz CT molecular complexity index is 788. The molecule has 1 aromatic rings. The molecule has 0 spiro atoms. The molecule has 2 aliphatic heterocycles. The fourth-order valence-corrected chi connectivity index (χ4v) is 6.01. The molecule has 2 aliphatic carbocycles. The highest BCUT2D eigenvalue weighted by atomic mass is 14.9. The van der Waals surface area contributed by atoms with E-state index in [4.69, 9.17) is 9.98 Å². The quantitative estimate of drug-likeness (QED) is 0.665. The molecule has 2 nitrogen and oxygen atoms in total. The Kier molecular flexibility index (Phi) is 3.92. The van der Waals surface area contributed by atoms with E-state index in [-0.39, 0.29) is 5.41 Å². The molecule has 0 N–H and O–H groups in total. The molecule has 0 amide bonds. The fourth-order valence-electron chi connectivity index (χ4n) is 6.01. The van der Waals surface area contributed by atoms with Crippen molar-refractivity contribution in [2.75, 3.05) is 6.54 Å². The molecule has 5 atom stereocenters. The fraction of sp³-hybridized carbons (Fsp3) is 0.583. The maximum Gasteiger partial charge on any atom is 0.0568 e. The number of fused-ring (bicyclic) bond motifs is 2. The number of benzene rings is 1. The van der Waals surface area contributed by atoms with E-state index >= 15 is 0 Å². The lowest BCUT2D eigenvalue weighted by atomic mass is 9.60. The molecule has 1 aromatic carbocycles. The third kappa shape index (κ3) is 2.61. The van der Waals surface area contributed by atoms with Gasteiger partial charge in [-0.15, -0.1) is 0 Å². The summed E-state index contributed by atoms with van der Waals surface area (Å²) in [5.74, 6) is 2.00. The summed E-state index contributed by atoms with van der Waals surface area (Å²) in [6.45, 7) is 5.87. The summed E-state index contributed by atoms with van der Waals surface area (Å²) >= 11 is 0. The molecule has 26 heavy (non-hydrogen) atoms. The Morgan fingerprint density at radius 2 is 2.00 bits per heavy atom. The summed E-state index contributed by atoms with van der Waals surface area (Å²) in [5.41, 5.74) is 6.62. The van der Waals surface area contributed by atoms with E-state index in [1.807, 2.05) is 0 Å². The van der Waals surface area contributed by atoms with Gasteiger partial charge in [0.25, 0.3) is 0 Å². The van der Waals surface area contributed by atoms with Crippen molar-refractivity contribution >= 4 is 11.9 Å². The van der Waals surface area contributed by atoms with Gasteiger partial charge in [0.1, 0.15) is 0 Å². The first-order valence-electron chi connectivity index (χ1n) is 10.5. The van der Waals surface area contributed by atoms with Crippen LogP contribution in [0.2, 0.25) is 0 Å². The molecule has 2 heteroatoms. The Hall–Kier alpha value is -1.70. The average molecular weight is 347 g/mol. The van der Waals surface area contributed by atoms with Crippen molar-refractivity contribution in [3.05, 3.63) is 47.0 Å². The molecule has 1 fully saturated rings. The molecular weight excluding hydrogens is 316 g/mol. The minimum Gasteiger partial charge on any atom is -0.297 e. The van der Waals surface area contributed by atoms with Crippen LogP contribution < -0.4 is 0 Å². The Morgan fingerprint density at radius 3 is 2.85 bits per heavy atom. The Morgan fingerprint density at radius 1 is 1.15 bits per heavy atom. The highest BCUT2D eigenvalue weighted by Crippen LogP contribution is 2.53. The molecule has 0 saturated heterocycles. The van der Waals surface area contributed by atoms with Gasteiger partial charge in [-0.05, 0) is 49.5 Å². The van der Waals surface area contributed by atoms with Gasteiger partial charge in [-0.25, -0.2) is 0 Å². The van der Waals surface area contributed by atoms with Crippen LogP contribution in [0.25, 0.3) is 0 Å². The van der Waals surface area contributed by atoms with Gasteiger partial charge in [-0.2, -0.15) is 0 Å². The van der Waals surface area contributed by atoms with E-state index in [9.17, 15) is 0 Å². The highest BCUT2D eigenvalue weighted by molar-refractivity contribution is 5.93. The zero-order chi connectivity index (χ0) is 17.7. The van der Waals surface area contributed by atoms with Gasteiger partial charge in [0.2, 0.25) is 0 Å². The van der Waals surface area contributed by atoms with Crippen molar-refractivity contribution in [3.63, 3.8) is 0 Å². The van der Waals surface area contributed by atoms with E-state index in [0.29, 0.717) is 23.8 Å². The normalized spacial score (nSPS) is 38.0. The SMILES string of the molecule is CC1C2N=C3CC4=C(CC3C2CCc2ccccc2)CC1(C)C=NCC4. The number of rotatable bonds is 3. The lowest BCUT2D eigenvalue weighted by Crippen LogP contribution is -2.42. The van der Waals surface area contributed by atoms with Crippen LogP contribution in [0.3, 0.4) is 0 Å². The molecule has 1 saturated carbocycles. The summed E-state index contributed by atoms with van der Waals surface area (Å²) in [6.07, 6.45) is 9.56. The van der Waals surface area contributed by atoms with Crippen molar-refractivity contribution in [1.82, 2.24) is 0 Å². The van der Waals surface area contributed by atoms with Crippen molar-refractivity contribution in [1.29, 1.82) is 0 Å². The van der Waals surface area contributed by atoms with Gasteiger partial charge < -0.3 is 0 Å². The maximum atomic E-state index is 5.39. The van der Waals surface area contributed by atoms with Gasteiger partial charge in [0.15, 0.2) is 0 Å². The second kappa shape index (κ2) is 6.18. The third-order valence-corrected chi connectivity index (χ3v) is 7.74. The van der Waals surface area contributed by atoms with Crippen LogP contribution in [0, 0.1) is 23.2 Å². The molecule has 0 aromatic heterocycles. The average Bonchev–Trinajstić information content (AvgIpc) is 3.00. The standard InChI is InChI=1S/C24H30N2/c1-16-23-20(9-8-17-6-4-3-5-7-17)21-12-19-14-24(16,2)15-25-11-10-18(19)13-22(21)26-23/h3-7,15-16,20-21,23H,8-14H2,1-2H3. The number of allylic oxidation sites excluding steroid dienone is 1. The summed E-state index contributed by atoms with van der Waals surface area (Å²) in [4.78, 5) is 10.2. The van der Waals surface area contributed by atoms with Crippen LogP contribution in [0.4, 0.5) is 0 Å². The minimum atomic E-state index is 0.172. The van der Waals surface area contributed by atoms with Crippen molar-refractivity contribution < 1.29 is 0 Å². The van der Waals surface area contributed by atoms with Crippen LogP contribution in [0.1, 0.15) is 51.5 Å². The van der Waals surface area contributed by atoms with Gasteiger partial charge >= 0.3 is 0 Å². The van der Waals surface area contributed by atoms with Crippen LogP contribution in [0.15, 0.2) is 51.5 Å². The van der Waals surface area contributed by atoms with Crippen molar-refractivity contribution in [2.45, 2.75) is 58.4 Å². The lowest BCUT2D eigenvalue weighted by molar-refractivity contribution is 0.179. The van der Waals surface area contributed by atoms with E-state index < -0.39 is 0 Å². The first-order valence-corrected chi connectivity index (χ1v) is 10.5. The second-order valence-electron chi connectivity index (χ2n) is 9.25. The largest absolute Gasteiger partial charge is 0.297 e. The highest BCUT2D eigenvalue weighted by Gasteiger charge is 2.50. The van der Waals surface area contributed by atoms with E-state index in [0.717, 1.165) is 19.4 Å². The zero-order valence-corrected chi connectivity index (χ0v) is 16.1. The summed E-state index contributed by atoms with van der Waals surface area (Å²) in [5, 5.41) is 0. The predicted molar refractivity (Wildman–Crippen MR) is 109 cm³/mol. The first-order chi connectivity index (χ1) is 12.6. The summed E-state index contributed by atoms with van der Waals surface area (Å²) in [7, 11) is 0. The van der Waals surface area contributed by atoms with Gasteiger partial charge in [-0.1, -0.05) is 55.3 Å². The Balaban J connectivity index is 1.49. The predicted octanol–water partition coefficient (Wildman–Crippen LogP) is 5.29. The van der Waals surface area contributed by atoms with Crippen molar-refractivity contribution in [3.8, 4) is 0 Å².